The van der Waals surface area contributed by atoms with Crippen molar-refractivity contribution >= 4 is 5.91 Å². The van der Waals surface area contributed by atoms with Gasteiger partial charge in [-0.3, -0.25) is 9.69 Å². The topological polar surface area (TPSA) is 42.0 Å². The van der Waals surface area contributed by atoms with Crippen molar-refractivity contribution in [3.63, 3.8) is 0 Å². The molecule has 1 aromatic rings. The first kappa shape index (κ1) is 21.9. The Balaban J connectivity index is 1.83. The largest absolute Gasteiger partial charge is 0.379 e. The molecule has 1 aliphatic rings. The summed E-state index contributed by atoms with van der Waals surface area (Å²) in [7, 11) is 0. The summed E-state index contributed by atoms with van der Waals surface area (Å²) in [6.07, 6.45) is 4.26. The van der Waals surface area contributed by atoms with E-state index < -0.39 is 6.10 Å². The predicted molar refractivity (Wildman–Crippen MR) is 109 cm³/mol. The van der Waals surface area contributed by atoms with Gasteiger partial charge in [0.25, 0.3) is 5.91 Å². The van der Waals surface area contributed by atoms with E-state index in [1.54, 1.807) is 0 Å². The zero-order valence-electron chi connectivity index (χ0n) is 17.1. The molecule has 0 aromatic heterocycles. The molecule has 1 amide bonds. The first-order chi connectivity index (χ1) is 13.2. The minimum absolute atomic E-state index is 0.107. The van der Waals surface area contributed by atoms with Gasteiger partial charge in [-0.1, -0.05) is 56.5 Å². The van der Waals surface area contributed by atoms with E-state index in [9.17, 15) is 4.79 Å². The molecule has 0 saturated carbocycles. The molecule has 1 unspecified atom stereocenters. The van der Waals surface area contributed by atoms with Crippen LogP contribution in [0.4, 0.5) is 0 Å². The van der Waals surface area contributed by atoms with Crippen LogP contribution >= 0.6 is 0 Å². The second-order valence-electron chi connectivity index (χ2n) is 7.28. The van der Waals surface area contributed by atoms with Gasteiger partial charge in [0.05, 0.1) is 19.8 Å². The van der Waals surface area contributed by atoms with Gasteiger partial charge >= 0.3 is 0 Å². The molecule has 2 rings (SSSR count). The fraction of sp³-hybridized carbons (Fsp3) is 0.682. The summed E-state index contributed by atoms with van der Waals surface area (Å²) in [6, 6.07) is 10.0. The highest BCUT2D eigenvalue weighted by Gasteiger charge is 2.22. The van der Waals surface area contributed by atoms with Gasteiger partial charge in [0.1, 0.15) is 6.10 Å². The lowest BCUT2D eigenvalue weighted by molar-refractivity contribution is -0.143. The molecule has 0 radical (unpaired) electrons. The zero-order valence-corrected chi connectivity index (χ0v) is 17.1. The van der Waals surface area contributed by atoms with E-state index in [1.165, 1.54) is 19.3 Å². The van der Waals surface area contributed by atoms with Gasteiger partial charge < -0.3 is 14.4 Å². The van der Waals surface area contributed by atoms with Crippen molar-refractivity contribution in [1.29, 1.82) is 0 Å². The molecule has 0 aliphatic carbocycles. The summed E-state index contributed by atoms with van der Waals surface area (Å²) in [6.45, 7) is 10.6. The third kappa shape index (κ3) is 8.41. The van der Waals surface area contributed by atoms with E-state index in [4.69, 9.17) is 9.47 Å². The SMILES string of the molecule is CCCCCCN(CCN1CCOCC1)C(=O)C(C)OCc1ccccc1. The lowest BCUT2D eigenvalue weighted by Gasteiger charge is -2.31. The molecule has 152 valence electrons. The highest BCUT2D eigenvalue weighted by Crippen LogP contribution is 2.09. The lowest BCUT2D eigenvalue weighted by Crippen LogP contribution is -2.46. The summed E-state index contributed by atoms with van der Waals surface area (Å²) in [4.78, 5) is 17.3. The quantitative estimate of drug-likeness (QED) is 0.525. The number of carbonyl (C=O) groups excluding carboxylic acids is 1. The summed E-state index contributed by atoms with van der Waals surface area (Å²) >= 11 is 0. The summed E-state index contributed by atoms with van der Waals surface area (Å²) < 4.78 is 11.3. The van der Waals surface area contributed by atoms with Crippen molar-refractivity contribution in [3.05, 3.63) is 35.9 Å². The van der Waals surface area contributed by atoms with Gasteiger partial charge in [-0.15, -0.1) is 0 Å². The highest BCUT2D eigenvalue weighted by molar-refractivity contribution is 5.80. The van der Waals surface area contributed by atoms with Crippen molar-refractivity contribution in [2.45, 2.75) is 52.2 Å². The van der Waals surface area contributed by atoms with E-state index in [-0.39, 0.29) is 5.91 Å². The molecular weight excluding hydrogens is 340 g/mol. The number of hydrogen-bond donors (Lipinski definition) is 0. The first-order valence-corrected chi connectivity index (χ1v) is 10.4. The molecule has 0 spiro atoms. The molecule has 1 atom stereocenters. The molecule has 27 heavy (non-hydrogen) atoms. The molecule has 1 aliphatic heterocycles. The summed E-state index contributed by atoms with van der Waals surface area (Å²) in [5.74, 6) is 0.107. The number of morpholine rings is 1. The monoisotopic (exact) mass is 376 g/mol. The van der Waals surface area contributed by atoms with Crippen LogP contribution in [0.2, 0.25) is 0 Å². The van der Waals surface area contributed by atoms with Gasteiger partial charge in [-0.25, -0.2) is 0 Å². The molecule has 0 bridgehead atoms. The molecule has 5 heteroatoms. The minimum atomic E-state index is -0.416. The van der Waals surface area contributed by atoms with Crippen molar-refractivity contribution in [3.8, 4) is 0 Å². The average Bonchev–Trinajstić information content (AvgIpc) is 2.72. The van der Waals surface area contributed by atoms with Crippen LogP contribution in [0, 0.1) is 0 Å². The lowest BCUT2D eigenvalue weighted by atomic mass is 10.2. The summed E-state index contributed by atoms with van der Waals surface area (Å²) in [5, 5.41) is 0. The van der Waals surface area contributed by atoms with E-state index in [2.05, 4.69) is 11.8 Å². The van der Waals surface area contributed by atoms with Crippen LogP contribution in [0.25, 0.3) is 0 Å². The predicted octanol–water partition coefficient (Wildman–Crippen LogP) is 3.33. The Morgan fingerprint density at radius 1 is 1.15 bits per heavy atom. The van der Waals surface area contributed by atoms with Gasteiger partial charge in [-0.2, -0.15) is 0 Å². The van der Waals surface area contributed by atoms with Crippen molar-refractivity contribution in [1.82, 2.24) is 9.80 Å². The van der Waals surface area contributed by atoms with Crippen molar-refractivity contribution < 1.29 is 14.3 Å². The highest BCUT2D eigenvalue weighted by atomic mass is 16.5. The molecule has 1 heterocycles. The van der Waals surface area contributed by atoms with Gasteiger partial charge in [0.2, 0.25) is 0 Å². The number of ether oxygens (including phenoxy) is 2. The van der Waals surface area contributed by atoms with E-state index in [1.807, 2.05) is 42.2 Å². The normalized spacial score (nSPS) is 16.2. The van der Waals surface area contributed by atoms with Crippen LogP contribution in [-0.4, -0.2) is 67.7 Å². The van der Waals surface area contributed by atoms with Gasteiger partial charge in [0, 0.05) is 32.7 Å². The maximum Gasteiger partial charge on any atom is 0.251 e. The number of hydrogen-bond acceptors (Lipinski definition) is 4. The van der Waals surface area contributed by atoms with Crippen LogP contribution in [0.1, 0.15) is 45.1 Å². The maximum atomic E-state index is 13.0. The van der Waals surface area contributed by atoms with Gasteiger partial charge in [0.15, 0.2) is 0 Å². The zero-order chi connectivity index (χ0) is 19.3. The Morgan fingerprint density at radius 2 is 1.89 bits per heavy atom. The van der Waals surface area contributed by atoms with Crippen LogP contribution in [0.5, 0.6) is 0 Å². The fourth-order valence-corrected chi connectivity index (χ4v) is 3.27. The van der Waals surface area contributed by atoms with Crippen molar-refractivity contribution in [2.24, 2.45) is 0 Å². The van der Waals surface area contributed by atoms with Crippen LogP contribution in [-0.2, 0) is 20.9 Å². The Labute approximate surface area is 164 Å². The fourth-order valence-electron chi connectivity index (χ4n) is 3.27. The minimum Gasteiger partial charge on any atom is -0.379 e. The Kier molecular flexibility index (Phi) is 10.4. The van der Waals surface area contributed by atoms with E-state index >= 15 is 0 Å². The maximum absolute atomic E-state index is 13.0. The molecule has 1 saturated heterocycles. The number of amides is 1. The van der Waals surface area contributed by atoms with Crippen LogP contribution in [0.3, 0.4) is 0 Å². The third-order valence-electron chi connectivity index (χ3n) is 5.07. The molecule has 0 N–H and O–H groups in total. The Bertz CT molecular complexity index is 518. The number of nitrogens with zero attached hydrogens (tertiary/aromatic N) is 2. The number of unbranched alkanes of at least 4 members (excludes halogenated alkanes) is 3. The van der Waals surface area contributed by atoms with Crippen LogP contribution < -0.4 is 0 Å². The number of rotatable bonds is 12. The van der Waals surface area contributed by atoms with E-state index in [0.717, 1.165) is 57.9 Å². The molecule has 5 nitrogen and oxygen atoms in total. The van der Waals surface area contributed by atoms with Gasteiger partial charge in [-0.05, 0) is 18.9 Å². The molecule has 1 aromatic carbocycles. The third-order valence-corrected chi connectivity index (χ3v) is 5.07. The second-order valence-corrected chi connectivity index (χ2v) is 7.28. The summed E-state index contributed by atoms with van der Waals surface area (Å²) in [5.41, 5.74) is 1.10. The first-order valence-electron chi connectivity index (χ1n) is 10.4. The Morgan fingerprint density at radius 3 is 2.59 bits per heavy atom. The van der Waals surface area contributed by atoms with Crippen LogP contribution in [0.15, 0.2) is 30.3 Å². The molecule has 1 fully saturated rings. The smallest absolute Gasteiger partial charge is 0.251 e. The standard InChI is InChI=1S/C22H36N2O3/c1-3-4-5-9-12-24(14-13-23-15-17-26-18-16-23)22(25)20(2)27-19-21-10-7-6-8-11-21/h6-8,10-11,20H,3-5,9,12-19H2,1-2H3. The second kappa shape index (κ2) is 12.9. The van der Waals surface area contributed by atoms with E-state index in [0.29, 0.717) is 6.61 Å². The number of benzene rings is 1. The number of carbonyl (C=O) groups is 1. The molecular formula is C22H36N2O3. The Hall–Kier alpha value is -1.43. The average molecular weight is 377 g/mol. The van der Waals surface area contributed by atoms with Crippen molar-refractivity contribution in [2.75, 3.05) is 45.9 Å².